The number of carbonyl (C=O) groups is 1. The summed E-state index contributed by atoms with van der Waals surface area (Å²) in [6.45, 7) is 9.04. The summed E-state index contributed by atoms with van der Waals surface area (Å²) in [5.41, 5.74) is 1.49. The Balaban J connectivity index is 2.22. The SMILES string of the molecule is C=C(C)CN(CC)C(=O)C1(c2ccc(F)cc2)CC1. The minimum atomic E-state index is -0.417. The molecule has 1 aromatic rings. The molecule has 0 N–H and O–H groups in total. The van der Waals surface area contributed by atoms with Crippen LogP contribution in [0.25, 0.3) is 0 Å². The molecule has 2 nitrogen and oxygen atoms in total. The lowest BCUT2D eigenvalue weighted by Gasteiger charge is -2.26. The molecule has 1 fully saturated rings. The number of halogens is 1. The van der Waals surface area contributed by atoms with E-state index in [1.54, 1.807) is 12.1 Å². The summed E-state index contributed by atoms with van der Waals surface area (Å²) in [5, 5.41) is 0. The van der Waals surface area contributed by atoms with E-state index in [1.165, 1.54) is 12.1 Å². The van der Waals surface area contributed by atoms with Crippen LogP contribution in [0.4, 0.5) is 4.39 Å². The Labute approximate surface area is 113 Å². The van der Waals surface area contributed by atoms with Crippen LogP contribution < -0.4 is 0 Å². The third kappa shape index (κ3) is 2.70. The molecule has 0 bridgehead atoms. The molecule has 1 aliphatic carbocycles. The van der Waals surface area contributed by atoms with Gasteiger partial charge in [-0.1, -0.05) is 24.3 Å². The topological polar surface area (TPSA) is 20.3 Å². The van der Waals surface area contributed by atoms with Crippen LogP contribution >= 0.6 is 0 Å². The first-order valence-corrected chi connectivity index (χ1v) is 6.69. The van der Waals surface area contributed by atoms with Crippen molar-refractivity contribution >= 4 is 5.91 Å². The van der Waals surface area contributed by atoms with Crippen molar-refractivity contribution in [3.05, 3.63) is 47.8 Å². The van der Waals surface area contributed by atoms with E-state index in [4.69, 9.17) is 0 Å². The lowest BCUT2D eigenvalue weighted by Crippen LogP contribution is -2.40. The van der Waals surface area contributed by atoms with Crippen LogP contribution in [-0.2, 0) is 10.2 Å². The zero-order valence-corrected chi connectivity index (χ0v) is 11.6. The highest BCUT2D eigenvalue weighted by Crippen LogP contribution is 2.49. The molecule has 102 valence electrons. The van der Waals surface area contributed by atoms with Gasteiger partial charge in [-0.2, -0.15) is 0 Å². The first-order chi connectivity index (χ1) is 8.99. The summed E-state index contributed by atoms with van der Waals surface area (Å²) in [5.74, 6) is -0.120. The molecule has 0 atom stereocenters. The highest BCUT2D eigenvalue weighted by molar-refractivity contribution is 5.91. The maximum absolute atomic E-state index is 13.0. The number of rotatable bonds is 5. The zero-order chi connectivity index (χ0) is 14.0. The smallest absolute Gasteiger partial charge is 0.233 e. The molecule has 19 heavy (non-hydrogen) atoms. The van der Waals surface area contributed by atoms with E-state index in [1.807, 2.05) is 18.7 Å². The molecule has 0 unspecified atom stereocenters. The molecule has 1 saturated carbocycles. The Kier molecular flexibility index (Phi) is 3.74. The second-order valence-electron chi connectivity index (χ2n) is 5.37. The lowest BCUT2D eigenvalue weighted by molar-refractivity contribution is -0.133. The summed E-state index contributed by atoms with van der Waals surface area (Å²) in [6.07, 6.45) is 1.70. The molecule has 0 spiro atoms. The average molecular weight is 261 g/mol. The van der Waals surface area contributed by atoms with Gasteiger partial charge < -0.3 is 4.90 Å². The van der Waals surface area contributed by atoms with Gasteiger partial charge >= 0.3 is 0 Å². The minimum absolute atomic E-state index is 0.143. The summed E-state index contributed by atoms with van der Waals surface area (Å²) in [4.78, 5) is 14.5. The van der Waals surface area contributed by atoms with Crippen molar-refractivity contribution in [1.82, 2.24) is 4.90 Å². The van der Waals surface area contributed by atoms with E-state index < -0.39 is 5.41 Å². The number of hydrogen-bond acceptors (Lipinski definition) is 1. The number of carbonyl (C=O) groups excluding carboxylic acids is 1. The fourth-order valence-electron chi connectivity index (χ4n) is 2.48. The van der Waals surface area contributed by atoms with Crippen molar-refractivity contribution < 1.29 is 9.18 Å². The van der Waals surface area contributed by atoms with E-state index in [0.29, 0.717) is 13.1 Å². The van der Waals surface area contributed by atoms with Gasteiger partial charge in [0.2, 0.25) is 5.91 Å². The zero-order valence-electron chi connectivity index (χ0n) is 11.6. The molecule has 0 heterocycles. The fraction of sp³-hybridized carbons (Fsp3) is 0.438. The molecule has 1 aromatic carbocycles. The third-order valence-corrected chi connectivity index (χ3v) is 3.69. The summed E-state index contributed by atoms with van der Waals surface area (Å²) in [7, 11) is 0. The number of hydrogen-bond donors (Lipinski definition) is 0. The van der Waals surface area contributed by atoms with Crippen molar-refractivity contribution in [3.63, 3.8) is 0 Å². The number of benzene rings is 1. The Hall–Kier alpha value is -1.64. The van der Waals surface area contributed by atoms with Crippen molar-refractivity contribution in [3.8, 4) is 0 Å². The van der Waals surface area contributed by atoms with Crippen molar-refractivity contribution in [2.75, 3.05) is 13.1 Å². The molecule has 0 saturated heterocycles. The van der Waals surface area contributed by atoms with Crippen LogP contribution in [0.15, 0.2) is 36.4 Å². The lowest BCUT2D eigenvalue weighted by atomic mass is 9.94. The molecule has 1 amide bonds. The monoisotopic (exact) mass is 261 g/mol. The van der Waals surface area contributed by atoms with Gasteiger partial charge in [-0.05, 0) is 44.4 Å². The quantitative estimate of drug-likeness (QED) is 0.745. The van der Waals surface area contributed by atoms with Crippen LogP contribution in [0.2, 0.25) is 0 Å². The van der Waals surface area contributed by atoms with Crippen LogP contribution in [0.1, 0.15) is 32.3 Å². The average Bonchev–Trinajstić information content (AvgIpc) is 3.17. The van der Waals surface area contributed by atoms with Gasteiger partial charge in [0.15, 0.2) is 0 Å². The maximum atomic E-state index is 13.0. The Morgan fingerprint density at radius 3 is 2.37 bits per heavy atom. The molecule has 0 radical (unpaired) electrons. The molecular weight excluding hydrogens is 241 g/mol. The second-order valence-corrected chi connectivity index (χ2v) is 5.37. The molecule has 0 aromatic heterocycles. The van der Waals surface area contributed by atoms with Crippen molar-refractivity contribution in [2.24, 2.45) is 0 Å². The van der Waals surface area contributed by atoms with E-state index in [2.05, 4.69) is 6.58 Å². The van der Waals surface area contributed by atoms with Crippen molar-refractivity contribution in [2.45, 2.75) is 32.1 Å². The molecule has 3 heteroatoms. The second kappa shape index (κ2) is 5.16. The number of nitrogens with zero attached hydrogens (tertiary/aromatic N) is 1. The van der Waals surface area contributed by atoms with Gasteiger partial charge in [0, 0.05) is 13.1 Å². The Morgan fingerprint density at radius 2 is 1.95 bits per heavy atom. The first-order valence-electron chi connectivity index (χ1n) is 6.69. The molecular formula is C16H20FNO. The standard InChI is InChI=1S/C16H20FNO/c1-4-18(11-12(2)3)15(19)16(9-10-16)13-5-7-14(17)8-6-13/h5-8H,2,4,9-11H2,1,3H3. The first kappa shape index (κ1) is 13.8. The van der Waals surface area contributed by atoms with E-state index in [0.717, 1.165) is 24.0 Å². The fourth-order valence-corrected chi connectivity index (χ4v) is 2.48. The van der Waals surface area contributed by atoms with Crippen LogP contribution in [0, 0.1) is 5.82 Å². The van der Waals surface area contributed by atoms with Gasteiger partial charge in [0.1, 0.15) is 5.82 Å². The van der Waals surface area contributed by atoms with Crippen LogP contribution in [-0.4, -0.2) is 23.9 Å². The van der Waals surface area contributed by atoms with E-state index >= 15 is 0 Å². The van der Waals surface area contributed by atoms with Crippen LogP contribution in [0.5, 0.6) is 0 Å². The predicted octanol–water partition coefficient (Wildman–Crippen LogP) is 3.28. The van der Waals surface area contributed by atoms with Gasteiger partial charge in [0.25, 0.3) is 0 Å². The predicted molar refractivity (Wildman–Crippen MR) is 74.4 cm³/mol. The van der Waals surface area contributed by atoms with Gasteiger partial charge in [-0.25, -0.2) is 4.39 Å². The highest BCUT2D eigenvalue weighted by atomic mass is 19.1. The van der Waals surface area contributed by atoms with E-state index in [-0.39, 0.29) is 11.7 Å². The van der Waals surface area contributed by atoms with E-state index in [9.17, 15) is 9.18 Å². The van der Waals surface area contributed by atoms with Crippen molar-refractivity contribution in [1.29, 1.82) is 0 Å². The third-order valence-electron chi connectivity index (χ3n) is 3.69. The highest BCUT2D eigenvalue weighted by Gasteiger charge is 2.52. The summed E-state index contributed by atoms with van der Waals surface area (Å²) >= 11 is 0. The summed E-state index contributed by atoms with van der Waals surface area (Å²) < 4.78 is 13.0. The number of likely N-dealkylation sites (N-methyl/N-ethyl adjacent to an activating group) is 1. The summed E-state index contributed by atoms with van der Waals surface area (Å²) in [6, 6.07) is 6.32. The minimum Gasteiger partial charge on any atom is -0.338 e. The molecule has 0 aliphatic heterocycles. The Bertz CT molecular complexity index is 488. The maximum Gasteiger partial charge on any atom is 0.233 e. The molecule has 1 aliphatic rings. The van der Waals surface area contributed by atoms with Gasteiger partial charge in [-0.15, -0.1) is 0 Å². The molecule has 2 rings (SSSR count). The Morgan fingerprint density at radius 1 is 1.37 bits per heavy atom. The van der Waals surface area contributed by atoms with Gasteiger partial charge in [-0.3, -0.25) is 4.79 Å². The largest absolute Gasteiger partial charge is 0.338 e. The number of amides is 1. The van der Waals surface area contributed by atoms with Gasteiger partial charge in [0.05, 0.1) is 5.41 Å². The van der Waals surface area contributed by atoms with Crippen LogP contribution in [0.3, 0.4) is 0 Å². The normalized spacial score (nSPS) is 15.9.